The molecule has 0 bridgehead atoms. The van der Waals surface area contributed by atoms with Crippen LogP contribution in [0.2, 0.25) is 0 Å². The fourth-order valence-electron chi connectivity index (χ4n) is 1.27. The molecule has 0 saturated heterocycles. The Bertz CT molecular complexity index is 285. The van der Waals surface area contributed by atoms with E-state index in [4.69, 9.17) is 16.2 Å². The summed E-state index contributed by atoms with van der Waals surface area (Å²) in [5.74, 6) is 1.000. The predicted molar refractivity (Wildman–Crippen MR) is 55.9 cm³/mol. The highest BCUT2D eigenvalue weighted by Gasteiger charge is 2.08. The summed E-state index contributed by atoms with van der Waals surface area (Å²) in [4.78, 5) is 0. The molecule has 0 atom stereocenters. The van der Waals surface area contributed by atoms with Crippen LogP contribution in [-0.2, 0) is 0 Å². The highest BCUT2D eigenvalue weighted by Crippen LogP contribution is 2.32. The maximum atomic E-state index is 5.77. The minimum atomic E-state index is 0.426. The Morgan fingerprint density at radius 3 is 1.92 bits per heavy atom. The minimum Gasteiger partial charge on any atom is -0.492 e. The highest BCUT2D eigenvalue weighted by atomic mass is 16.5. The summed E-state index contributed by atoms with van der Waals surface area (Å²) in [7, 11) is 1.57. The van der Waals surface area contributed by atoms with Crippen molar-refractivity contribution >= 4 is 11.4 Å². The first-order chi connectivity index (χ1) is 6.06. The zero-order valence-electron chi connectivity index (χ0n) is 8.29. The van der Waals surface area contributed by atoms with E-state index >= 15 is 0 Å². The van der Waals surface area contributed by atoms with Crippen LogP contribution in [0.5, 0.6) is 5.75 Å². The summed E-state index contributed by atoms with van der Waals surface area (Å²) in [6.45, 7) is 4.20. The van der Waals surface area contributed by atoms with E-state index in [0.717, 1.165) is 5.56 Å². The van der Waals surface area contributed by atoms with Gasteiger partial charge in [0.05, 0.1) is 18.5 Å². The SMILES string of the molecule is COc1c(N)cc(C(C)C)cc1N. The van der Waals surface area contributed by atoms with Gasteiger partial charge >= 0.3 is 0 Å². The van der Waals surface area contributed by atoms with Crippen LogP contribution < -0.4 is 16.2 Å². The smallest absolute Gasteiger partial charge is 0.164 e. The highest BCUT2D eigenvalue weighted by molar-refractivity contribution is 5.69. The second-order valence-electron chi connectivity index (χ2n) is 3.39. The monoisotopic (exact) mass is 180 g/mol. The lowest BCUT2D eigenvalue weighted by Gasteiger charge is -2.12. The summed E-state index contributed by atoms with van der Waals surface area (Å²) in [6, 6.07) is 3.81. The van der Waals surface area contributed by atoms with Crippen LogP contribution in [0.15, 0.2) is 12.1 Å². The van der Waals surface area contributed by atoms with Gasteiger partial charge in [-0.1, -0.05) is 13.8 Å². The van der Waals surface area contributed by atoms with Crippen molar-refractivity contribution in [1.29, 1.82) is 0 Å². The van der Waals surface area contributed by atoms with E-state index in [-0.39, 0.29) is 0 Å². The van der Waals surface area contributed by atoms with Gasteiger partial charge in [-0.3, -0.25) is 0 Å². The summed E-state index contributed by atoms with van der Waals surface area (Å²) < 4.78 is 5.06. The van der Waals surface area contributed by atoms with Crippen LogP contribution in [-0.4, -0.2) is 7.11 Å². The van der Waals surface area contributed by atoms with E-state index in [1.54, 1.807) is 7.11 Å². The summed E-state index contributed by atoms with van der Waals surface area (Å²) >= 11 is 0. The summed E-state index contributed by atoms with van der Waals surface area (Å²) in [6.07, 6.45) is 0. The minimum absolute atomic E-state index is 0.426. The maximum Gasteiger partial charge on any atom is 0.164 e. The predicted octanol–water partition coefficient (Wildman–Crippen LogP) is 1.98. The fraction of sp³-hybridized carbons (Fsp3) is 0.400. The van der Waals surface area contributed by atoms with Crippen LogP contribution in [0.3, 0.4) is 0 Å². The number of hydrogen-bond donors (Lipinski definition) is 2. The molecule has 13 heavy (non-hydrogen) atoms. The Morgan fingerprint density at radius 2 is 1.62 bits per heavy atom. The number of nitrogen functional groups attached to an aromatic ring is 2. The van der Waals surface area contributed by atoms with Crippen molar-refractivity contribution in [3.63, 3.8) is 0 Å². The van der Waals surface area contributed by atoms with Crippen molar-refractivity contribution in [2.45, 2.75) is 19.8 Å². The molecule has 0 aliphatic heterocycles. The molecule has 0 saturated carbocycles. The number of nitrogens with two attached hydrogens (primary N) is 2. The third-order valence-corrected chi connectivity index (χ3v) is 2.04. The van der Waals surface area contributed by atoms with Crippen molar-refractivity contribution < 1.29 is 4.74 Å². The first kappa shape index (κ1) is 9.71. The average molecular weight is 180 g/mol. The van der Waals surface area contributed by atoms with E-state index in [1.807, 2.05) is 12.1 Å². The van der Waals surface area contributed by atoms with Crippen molar-refractivity contribution in [1.82, 2.24) is 0 Å². The van der Waals surface area contributed by atoms with Crippen LogP contribution in [0.25, 0.3) is 0 Å². The molecule has 3 nitrogen and oxygen atoms in total. The van der Waals surface area contributed by atoms with Gasteiger partial charge in [0, 0.05) is 0 Å². The zero-order chi connectivity index (χ0) is 10.0. The molecule has 72 valence electrons. The quantitative estimate of drug-likeness (QED) is 0.684. The fourth-order valence-corrected chi connectivity index (χ4v) is 1.27. The molecule has 0 heterocycles. The lowest BCUT2D eigenvalue weighted by molar-refractivity contribution is 0.419. The van der Waals surface area contributed by atoms with Crippen LogP contribution >= 0.6 is 0 Å². The van der Waals surface area contributed by atoms with Crippen LogP contribution in [0, 0.1) is 0 Å². The van der Waals surface area contributed by atoms with Gasteiger partial charge in [0.25, 0.3) is 0 Å². The largest absolute Gasteiger partial charge is 0.492 e. The Balaban J connectivity index is 3.20. The van der Waals surface area contributed by atoms with Crippen molar-refractivity contribution in [3.8, 4) is 5.75 Å². The number of ether oxygens (including phenoxy) is 1. The first-order valence-electron chi connectivity index (χ1n) is 4.29. The molecule has 0 fully saturated rings. The molecule has 0 spiro atoms. The van der Waals surface area contributed by atoms with E-state index in [1.165, 1.54) is 0 Å². The van der Waals surface area contributed by atoms with Crippen molar-refractivity contribution in [2.24, 2.45) is 0 Å². The number of benzene rings is 1. The van der Waals surface area contributed by atoms with Gasteiger partial charge in [-0.15, -0.1) is 0 Å². The lowest BCUT2D eigenvalue weighted by Crippen LogP contribution is -2.00. The maximum absolute atomic E-state index is 5.77. The molecule has 0 amide bonds. The molecule has 0 aliphatic carbocycles. The third kappa shape index (κ3) is 1.86. The normalized spacial score (nSPS) is 10.5. The number of methoxy groups -OCH3 is 1. The molecule has 0 unspecified atom stereocenters. The first-order valence-corrected chi connectivity index (χ1v) is 4.29. The van der Waals surface area contributed by atoms with Gasteiger partial charge in [-0.2, -0.15) is 0 Å². The van der Waals surface area contributed by atoms with Gasteiger partial charge in [0.15, 0.2) is 5.75 Å². The molecule has 0 aromatic heterocycles. The number of hydrogen-bond acceptors (Lipinski definition) is 3. The molecule has 3 heteroatoms. The molecular weight excluding hydrogens is 164 g/mol. The van der Waals surface area contributed by atoms with Crippen molar-refractivity contribution in [2.75, 3.05) is 18.6 Å². The van der Waals surface area contributed by atoms with E-state index < -0.39 is 0 Å². The average Bonchev–Trinajstić information content (AvgIpc) is 2.03. The van der Waals surface area contributed by atoms with E-state index in [2.05, 4.69) is 13.8 Å². The van der Waals surface area contributed by atoms with Crippen molar-refractivity contribution in [3.05, 3.63) is 17.7 Å². The van der Waals surface area contributed by atoms with Crippen LogP contribution in [0.1, 0.15) is 25.3 Å². The van der Waals surface area contributed by atoms with E-state index in [0.29, 0.717) is 23.0 Å². The Kier molecular flexibility index (Phi) is 2.66. The molecule has 4 N–H and O–H groups in total. The zero-order valence-corrected chi connectivity index (χ0v) is 8.29. The second-order valence-corrected chi connectivity index (χ2v) is 3.39. The van der Waals surface area contributed by atoms with Gasteiger partial charge in [0.1, 0.15) is 0 Å². The molecule has 0 aliphatic rings. The number of rotatable bonds is 2. The van der Waals surface area contributed by atoms with Gasteiger partial charge in [-0.25, -0.2) is 0 Å². The molecule has 1 rings (SSSR count). The van der Waals surface area contributed by atoms with Gasteiger partial charge < -0.3 is 16.2 Å². The van der Waals surface area contributed by atoms with Crippen LogP contribution in [0.4, 0.5) is 11.4 Å². The lowest BCUT2D eigenvalue weighted by atomic mass is 10.0. The Labute approximate surface area is 78.7 Å². The molecular formula is C10H16N2O. The van der Waals surface area contributed by atoms with E-state index in [9.17, 15) is 0 Å². The molecule has 0 radical (unpaired) electrons. The number of anilines is 2. The molecule has 1 aromatic rings. The standard InChI is InChI=1S/C10H16N2O/c1-6(2)7-4-8(11)10(13-3)9(12)5-7/h4-6H,11-12H2,1-3H3. The Morgan fingerprint density at radius 1 is 1.15 bits per heavy atom. The third-order valence-electron chi connectivity index (χ3n) is 2.04. The second kappa shape index (κ2) is 3.56. The summed E-state index contributed by atoms with van der Waals surface area (Å²) in [5.41, 5.74) is 13.9. The van der Waals surface area contributed by atoms with Gasteiger partial charge in [-0.05, 0) is 23.6 Å². The molecule has 1 aromatic carbocycles. The van der Waals surface area contributed by atoms with Gasteiger partial charge in [0.2, 0.25) is 0 Å². The summed E-state index contributed by atoms with van der Waals surface area (Å²) in [5, 5.41) is 0. The topological polar surface area (TPSA) is 61.3 Å². The Hall–Kier alpha value is -1.38.